The van der Waals surface area contributed by atoms with Crippen LogP contribution in [0.3, 0.4) is 0 Å². The van der Waals surface area contributed by atoms with Gasteiger partial charge in [0.15, 0.2) is 0 Å². The monoisotopic (exact) mass is 372 g/mol. The minimum Gasteiger partial charge on any atom is -0.310 e. The molecule has 3 aromatic rings. The van der Waals surface area contributed by atoms with Crippen molar-refractivity contribution in [1.82, 2.24) is 15.0 Å². The first kappa shape index (κ1) is 17.3. The molecule has 2 atom stereocenters. The first-order valence-electron chi connectivity index (χ1n) is 9.82. The van der Waals surface area contributed by atoms with Crippen LogP contribution < -0.4 is 5.32 Å². The largest absolute Gasteiger partial charge is 0.310 e. The molecule has 2 heterocycles. The summed E-state index contributed by atoms with van der Waals surface area (Å²) in [7, 11) is 0. The number of carbonyl (C=O) groups excluding carboxylic acids is 1. The van der Waals surface area contributed by atoms with Crippen LogP contribution in [0.5, 0.6) is 0 Å². The molecule has 2 aliphatic carbocycles. The van der Waals surface area contributed by atoms with Crippen molar-refractivity contribution in [3.8, 4) is 0 Å². The number of carbonyl (C=O) groups is 1. The minimum atomic E-state index is -0.709. The van der Waals surface area contributed by atoms with Crippen molar-refractivity contribution in [3.63, 3.8) is 0 Å². The van der Waals surface area contributed by atoms with Gasteiger partial charge in [-0.15, -0.1) is 0 Å². The topological polar surface area (TPSA) is 67.8 Å². The Balaban J connectivity index is 1.70. The molecular formula is C23H24N4O. The molecule has 1 aromatic carbocycles. The third-order valence-corrected chi connectivity index (χ3v) is 7.46. The third kappa shape index (κ3) is 1.91. The second kappa shape index (κ2) is 5.37. The molecule has 0 aliphatic heterocycles. The Morgan fingerprint density at radius 1 is 0.893 bits per heavy atom. The van der Waals surface area contributed by atoms with Gasteiger partial charge in [0.05, 0.1) is 27.8 Å². The van der Waals surface area contributed by atoms with Gasteiger partial charge < -0.3 is 5.32 Å². The lowest BCUT2D eigenvalue weighted by atomic mass is 9.63. The average Bonchev–Trinajstić information content (AvgIpc) is 2.96. The van der Waals surface area contributed by atoms with Crippen LogP contribution in [0.15, 0.2) is 42.5 Å². The number of hydrogen-bond donors (Lipinski definition) is 1. The molecule has 5 nitrogen and oxygen atoms in total. The Bertz CT molecular complexity index is 1140. The van der Waals surface area contributed by atoms with E-state index in [1.807, 2.05) is 49.4 Å². The second-order valence-electron chi connectivity index (χ2n) is 8.89. The summed E-state index contributed by atoms with van der Waals surface area (Å²) in [5, 5.41) is 3.09. The second-order valence-corrected chi connectivity index (χ2v) is 8.89. The van der Waals surface area contributed by atoms with E-state index in [2.05, 4.69) is 31.1 Å². The summed E-state index contributed by atoms with van der Waals surface area (Å²) >= 11 is 0. The number of nitrogens with one attached hydrogen (secondary N) is 1. The number of para-hydroxylation sites is 2. The first-order chi connectivity index (χ1) is 13.3. The zero-order valence-corrected chi connectivity index (χ0v) is 16.7. The van der Waals surface area contributed by atoms with Crippen LogP contribution in [0.1, 0.15) is 50.7 Å². The van der Waals surface area contributed by atoms with E-state index >= 15 is 0 Å². The summed E-state index contributed by atoms with van der Waals surface area (Å²) in [5.74, 6) is 0.564. The number of pyridine rings is 1. The van der Waals surface area contributed by atoms with Crippen LogP contribution in [0.2, 0.25) is 0 Å². The van der Waals surface area contributed by atoms with Crippen LogP contribution in [-0.4, -0.2) is 20.9 Å². The maximum Gasteiger partial charge on any atom is 0.238 e. The number of anilines is 1. The highest BCUT2D eigenvalue weighted by molar-refractivity contribution is 6.01. The molecule has 0 spiro atoms. The number of aryl methyl sites for hydroxylation is 1. The number of amides is 1. The van der Waals surface area contributed by atoms with Crippen molar-refractivity contribution in [2.24, 2.45) is 5.41 Å². The number of nitrogens with zero attached hydrogens (tertiary/aromatic N) is 3. The molecular weight excluding hydrogens is 348 g/mol. The number of aromatic nitrogens is 3. The number of benzene rings is 1. The summed E-state index contributed by atoms with van der Waals surface area (Å²) in [6.45, 7) is 8.55. The average molecular weight is 372 g/mol. The lowest BCUT2D eigenvalue weighted by Gasteiger charge is -2.39. The summed E-state index contributed by atoms with van der Waals surface area (Å²) < 4.78 is 0. The molecule has 1 amide bonds. The Labute approximate surface area is 164 Å². The van der Waals surface area contributed by atoms with Gasteiger partial charge >= 0.3 is 0 Å². The van der Waals surface area contributed by atoms with Crippen LogP contribution >= 0.6 is 0 Å². The van der Waals surface area contributed by atoms with E-state index in [0.29, 0.717) is 5.82 Å². The van der Waals surface area contributed by atoms with Gasteiger partial charge in [0, 0.05) is 11.1 Å². The highest BCUT2D eigenvalue weighted by atomic mass is 16.2. The van der Waals surface area contributed by atoms with E-state index in [0.717, 1.165) is 41.0 Å². The van der Waals surface area contributed by atoms with Crippen molar-refractivity contribution in [2.75, 3.05) is 5.32 Å². The van der Waals surface area contributed by atoms with Crippen LogP contribution in [0, 0.1) is 12.3 Å². The van der Waals surface area contributed by atoms with E-state index in [1.54, 1.807) is 0 Å². The lowest BCUT2D eigenvalue weighted by Crippen LogP contribution is -2.48. The first-order valence-corrected chi connectivity index (χ1v) is 9.82. The minimum absolute atomic E-state index is 0.0253. The summed E-state index contributed by atoms with van der Waals surface area (Å²) in [6.07, 6.45) is 1.70. The van der Waals surface area contributed by atoms with E-state index in [-0.39, 0.29) is 16.7 Å². The fourth-order valence-electron chi connectivity index (χ4n) is 5.39. The maximum absolute atomic E-state index is 13.7. The molecule has 2 aliphatic rings. The molecule has 5 heteroatoms. The molecule has 2 aromatic heterocycles. The Kier molecular flexibility index (Phi) is 3.32. The summed E-state index contributed by atoms with van der Waals surface area (Å²) in [4.78, 5) is 28.2. The molecule has 1 N–H and O–H groups in total. The summed E-state index contributed by atoms with van der Waals surface area (Å²) in [5.41, 5.74) is 3.24. The van der Waals surface area contributed by atoms with Crippen molar-refractivity contribution in [1.29, 1.82) is 0 Å². The third-order valence-electron chi connectivity index (χ3n) is 7.46. The normalized spacial score (nSPS) is 27.0. The Morgan fingerprint density at radius 3 is 2.25 bits per heavy atom. The van der Waals surface area contributed by atoms with Gasteiger partial charge in [0.25, 0.3) is 0 Å². The van der Waals surface area contributed by atoms with Crippen LogP contribution in [0.4, 0.5) is 5.82 Å². The zero-order chi connectivity index (χ0) is 19.7. The molecule has 5 rings (SSSR count). The highest BCUT2D eigenvalue weighted by Gasteiger charge is 2.73. The van der Waals surface area contributed by atoms with E-state index in [4.69, 9.17) is 9.97 Å². The molecule has 0 radical (unpaired) electrons. The van der Waals surface area contributed by atoms with Gasteiger partial charge in [-0.25, -0.2) is 15.0 Å². The summed E-state index contributed by atoms with van der Waals surface area (Å²) in [6, 6.07) is 13.6. The van der Waals surface area contributed by atoms with Gasteiger partial charge in [-0.2, -0.15) is 0 Å². The SMILES string of the molecule is Cc1cccc(NC(=O)C23CCC(C)(c4nc5ccccc5nc42)C3(C)C)n1. The van der Waals surface area contributed by atoms with Crippen molar-refractivity contribution in [3.05, 3.63) is 59.5 Å². The number of fused-ring (bicyclic) bond motifs is 6. The molecule has 2 unspecified atom stereocenters. The van der Waals surface area contributed by atoms with E-state index in [9.17, 15) is 4.79 Å². The van der Waals surface area contributed by atoms with Gasteiger partial charge in [-0.05, 0) is 49.4 Å². The van der Waals surface area contributed by atoms with Crippen LogP contribution in [-0.2, 0) is 15.6 Å². The molecule has 1 fully saturated rings. The standard InChI is InChI=1S/C23H24N4O/c1-14-8-7-11-17(24-14)27-20(28)23-13-12-22(4,21(23,2)3)18-19(23)26-16-10-6-5-9-15(16)25-18/h5-11H,12-13H2,1-4H3,(H,24,27,28). The maximum atomic E-state index is 13.7. The molecule has 142 valence electrons. The predicted octanol–water partition coefficient (Wildman–Crippen LogP) is 4.30. The Morgan fingerprint density at radius 2 is 1.57 bits per heavy atom. The van der Waals surface area contributed by atoms with Crippen LogP contribution in [0.25, 0.3) is 11.0 Å². The molecule has 28 heavy (non-hydrogen) atoms. The Hall–Kier alpha value is -2.82. The molecule has 1 saturated carbocycles. The van der Waals surface area contributed by atoms with E-state index in [1.165, 1.54) is 0 Å². The molecule has 0 saturated heterocycles. The fraction of sp³-hybridized carbons (Fsp3) is 0.391. The van der Waals surface area contributed by atoms with Gasteiger partial charge in [0.1, 0.15) is 5.82 Å². The zero-order valence-electron chi connectivity index (χ0n) is 16.7. The highest BCUT2D eigenvalue weighted by Crippen LogP contribution is 2.70. The van der Waals surface area contributed by atoms with Crippen molar-refractivity contribution in [2.45, 2.75) is 51.4 Å². The van der Waals surface area contributed by atoms with Gasteiger partial charge in [0.2, 0.25) is 5.91 Å². The number of rotatable bonds is 2. The molecule has 2 bridgehead atoms. The van der Waals surface area contributed by atoms with Crippen molar-refractivity contribution < 1.29 is 4.79 Å². The number of hydrogen-bond acceptors (Lipinski definition) is 4. The lowest BCUT2D eigenvalue weighted by molar-refractivity contribution is -0.125. The fourth-order valence-corrected chi connectivity index (χ4v) is 5.39. The quantitative estimate of drug-likeness (QED) is 0.728. The predicted molar refractivity (Wildman–Crippen MR) is 109 cm³/mol. The van der Waals surface area contributed by atoms with Gasteiger partial charge in [-0.3, -0.25) is 4.79 Å². The van der Waals surface area contributed by atoms with Crippen molar-refractivity contribution >= 4 is 22.8 Å². The van der Waals surface area contributed by atoms with Gasteiger partial charge in [-0.1, -0.05) is 39.0 Å². The van der Waals surface area contributed by atoms with E-state index < -0.39 is 5.41 Å². The smallest absolute Gasteiger partial charge is 0.238 e.